The molecule has 2 rings (SSSR count). The maximum atomic E-state index is 12.9. The molecule has 218 valence electrons. The number of fused-ring (bicyclic) bond motifs is 2. The Morgan fingerprint density at radius 2 is 1.77 bits per heavy atom. The van der Waals surface area contributed by atoms with Gasteiger partial charge in [-0.1, -0.05) is 26.0 Å². The second-order valence-corrected chi connectivity index (χ2v) is 10.3. The lowest BCUT2D eigenvalue weighted by molar-refractivity contribution is -0.112. The largest absolute Gasteiger partial charge is 0.504 e. The van der Waals surface area contributed by atoms with E-state index in [1.54, 1.807) is 33.1 Å². The number of phenolic OH excluding ortho intramolecular Hbond substituents is 1. The monoisotopic (exact) mass is 548 g/mol. The fraction of sp³-hybridized carbons (Fsp3) is 0.586. The Labute approximate surface area is 231 Å². The Bertz CT molecular complexity index is 1050. The van der Waals surface area contributed by atoms with Gasteiger partial charge in [-0.05, 0) is 57.1 Å². The molecular weight excluding hydrogens is 504 g/mol. The quantitative estimate of drug-likeness (QED) is 0.411. The molecule has 0 aliphatic carbocycles. The highest BCUT2D eigenvalue weighted by Crippen LogP contribution is 2.36. The second kappa shape index (κ2) is 14.9. The SMILES string of the molecule is COc1c(O)cc2cc1C[C@H](C)C[C@H](OC)[C@H](O)[C@H](C)/C=C(\C)[C@H](OC(N)=O)[C@@H](OC)CC/C=C(\C)C(=O)N2. The first-order valence-corrected chi connectivity index (χ1v) is 13.2. The molecule has 0 spiro atoms. The Hall–Kier alpha value is -3.08. The summed E-state index contributed by atoms with van der Waals surface area (Å²) in [5, 5.41) is 24.6. The van der Waals surface area contributed by atoms with E-state index in [1.807, 2.05) is 19.9 Å². The third-order valence-corrected chi connectivity index (χ3v) is 7.15. The molecule has 1 heterocycles. The minimum atomic E-state index is -0.934. The zero-order valence-corrected chi connectivity index (χ0v) is 24.0. The van der Waals surface area contributed by atoms with Crippen molar-refractivity contribution in [3.8, 4) is 11.5 Å². The average Bonchev–Trinajstić information content (AvgIpc) is 2.87. The molecule has 1 aromatic carbocycles. The van der Waals surface area contributed by atoms with Crippen LogP contribution in [0.1, 0.15) is 52.5 Å². The number of primary amides is 1. The molecule has 0 fully saturated rings. The highest BCUT2D eigenvalue weighted by atomic mass is 16.6. The van der Waals surface area contributed by atoms with E-state index in [0.29, 0.717) is 48.3 Å². The average molecular weight is 549 g/mol. The van der Waals surface area contributed by atoms with Crippen LogP contribution in [0.5, 0.6) is 11.5 Å². The Kier molecular flexibility index (Phi) is 12.3. The highest BCUT2D eigenvalue weighted by molar-refractivity contribution is 6.03. The molecule has 0 saturated carbocycles. The van der Waals surface area contributed by atoms with Crippen molar-refractivity contribution in [1.82, 2.24) is 0 Å². The summed E-state index contributed by atoms with van der Waals surface area (Å²) in [6, 6.07) is 3.24. The van der Waals surface area contributed by atoms with Gasteiger partial charge in [-0.2, -0.15) is 0 Å². The van der Waals surface area contributed by atoms with E-state index in [-0.39, 0.29) is 23.5 Å². The van der Waals surface area contributed by atoms with Crippen LogP contribution in [-0.4, -0.2) is 68.0 Å². The van der Waals surface area contributed by atoms with Crippen LogP contribution >= 0.6 is 0 Å². The minimum absolute atomic E-state index is 0.0219. The van der Waals surface area contributed by atoms with Crippen molar-refractivity contribution in [3.05, 3.63) is 41.0 Å². The van der Waals surface area contributed by atoms with Crippen LogP contribution in [0.25, 0.3) is 0 Å². The third-order valence-electron chi connectivity index (χ3n) is 7.15. The van der Waals surface area contributed by atoms with E-state index >= 15 is 0 Å². The van der Waals surface area contributed by atoms with Crippen LogP contribution in [0.4, 0.5) is 10.5 Å². The number of ether oxygens (including phenoxy) is 4. The zero-order chi connectivity index (χ0) is 29.3. The molecule has 0 radical (unpaired) electrons. The topological polar surface area (TPSA) is 150 Å². The first-order chi connectivity index (χ1) is 18.4. The zero-order valence-electron chi connectivity index (χ0n) is 24.0. The number of nitrogens with one attached hydrogen (secondary N) is 1. The van der Waals surface area contributed by atoms with Gasteiger partial charge >= 0.3 is 6.09 Å². The van der Waals surface area contributed by atoms with E-state index in [4.69, 9.17) is 24.7 Å². The van der Waals surface area contributed by atoms with Crippen molar-refractivity contribution >= 4 is 17.7 Å². The predicted octanol–water partition coefficient (Wildman–Crippen LogP) is 4.09. The van der Waals surface area contributed by atoms with Crippen molar-refractivity contribution in [3.63, 3.8) is 0 Å². The lowest BCUT2D eigenvalue weighted by atomic mass is 9.88. The van der Waals surface area contributed by atoms with Crippen LogP contribution in [-0.2, 0) is 25.4 Å². The van der Waals surface area contributed by atoms with Gasteiger partial charge in [0, 0.05) is 43.0 Å². The van der Waals surface area contributed by atoms with Crippen LogP contribution < -0.4 is 15.8 Å². The molecule has 39 heavy (non-hydrogen) atoms. The van der Waals surface area contributed by atoms with E-state index < -0.39 is 30.5 Å². The standard InChI is InChI=1S/C29H44N2O8/c1-16-11-20-14-21(15-22(32)27(20)38-7)31-28(34)17(2)9-8-10-23(36-5)26(39-29(30)35)19(4)13-18(3)25(33)24(12-16)37-6/h9,13-16,18,23-26,32-33H,8,10-12H2,1-7H3,(H2,30,35)(H,31,34)/b17-9+,19-13+/t16-,18+,23-,24-,25+,26-/m0/s1. The molecule has 10 nitrogen and oxygen atoms in total. The molecule has 10 heteroatoms. The number of aliphatic hydroxyl groups excluding tert-OH is 1. The molecule has 1 aliphatic heterocycles. The number of aliphatic hydroxyl groups is 1. The van der Waals surface area contributed by atoms with Crippen molar-refractivity contribution in [2.75, 3.05) is 26.6 Å². The maximum Gasteiger partial charge on any atom is 0.405 e. The molecular formula is C29H44N2O8. The summed E-state index contributed by atoms with van der Waals surface area (Å²) in [4.78, 5) is 24.6. The fourth-order valence-electron chi connectivity index (χ4n) is 5.08. The summed E-state index contributed by atoms with van der Waals surface area (Å²) in [6.45, 7) is 7.38. The first-order valence-electron chi connectivity index (χ1n) is 13.2. The van der Waals surface area contributed by atoms with Gasteiger partial charge in [0.05, 0.1) is 25.4 Å². The van der Waals surface area contributed by atoms with Crippen molar-refractivity contribution in [2.45, 2.75) is 77.8 Å². The fourth-order valence-corrected chi connectivity index (χ4v) is 5.08. The molecule has 1 aromatic rings. The lowest BCUT2D eigenvalue weighted by Crippen LogP contribution is -2.37. The first kappa shape index (κ1) is 32.1. The molecule has 0 aromatic heterocycles. The number of amides is 2. The maximum absolute atomic E-state index is 12.9. The number of anilines is 1. The van der Waals surface area contributed by atoms with Crippen molar-refractivity contribution in [1.29, 1.82) is 0 Å². The summed E-state index contributed by atoms with van der Waals surface area (Å²) >= 11 is 0. The van der Waals surface area contributed by atoms with Crippen LogP contribution in [0.15, 0.2) is 35.4 Å². The summed E-state index contributed by atoms with van der Waals surface area (Å²) < 4.78 is 22.2. The van der Waals surface area contributed by atoms with Crippen LogP contribution in [0, 0.1) is 11.8 Å². The van der Waals surface area contributed by atoms with Crippen LogP contribution in [0.2, 0.25) is 0 Å². The minimum Gasteiger partial charge on any atom is -0.504 e. The predicted molar refractivity (Wildman–Crippen MR) is 149 cm³/mol. The van der Waals surface area contributed by atoms with Gasteiger partial charge < -0.3 is 40.2 Å². The van der Waals surface area contributed by atoms with E-state index in [2.05, 4.69) is 5.32 Å². The van der Waals surface area contributed by atoms with Gasteiger partial charge in [-0.25, -0.2) is 4.79 Å². The number of benzene rings is 1. The number of rotatable bonds is 4. The third kappa shape index (κ3) is 8.98. The molecule has 2 amide bonds. The summed E-state index contributed by atoms with van der Waals surface area (Å²) in [7, 11) is 4.55. The van der Waals surface area contributed by atoms with Crippen molar-refractivity contribution < 1.29 is 38.7 Å². The number of carbonyl (C=O) groups is 2. The number of carbonyl (C=O) groups excluding carboxylic acids is 2. The normalized spacial score (nSPS) is 30.3. The number of hydrogen-bond acceptors (Lipinski definition) is 8. The van der Waals surface area contributed by atoms with Gasteiger partial charge in [0.15, 0.2) is 17.6 Å². The van der Waals surface area contributed by atoms with Crippen LogP contribution in [0.3, 0.4) is 0 Å². The number of aromatic hydroxyl groups is 1. The molecule has 0 unspecified atom stereocenters. The Morgan fingerprint density at radius 1 is 1.10 bits per heavy atom. The highest BCUT2D eigenvalue weighted by Gasteiger charge is 2.30. The Morgan fingerprint density at radius 3 is 2.36 bits per heavy atom. The Balaban J connectivity index is 2.53. The molecule has 6 atom stereocenters. The van der Waals surface area contributed by atoms with E-state index in [9.17, 15) is 19.8 Å². The van der Waals surface area contributed by atoms with E-state index in [0.717, 1.165) is 5.56 Å². The van der Waals surface area contributed by atoms with Crippen molar-refractivity contribution in [2.24, 2.45) is 17.6 Å². The molecule has 2 bridgehead atoms. The number of phenols is 1. The van der Waals surface area contributed by atoms with Gasteiger partial charge in [-0.3, -0.25) is 4.79 Å². The summed E-state index contributed by atoms with van der Waals surface area (Å²) in [6.07, 6.45) is 1.95. The summed E-state index contributed by atoms with van der Waals surface area (Å²) in [5.74, 6) is -0.375. The lowest BCUT2D eigenvalue weighted by Gasteiger charge is -2.30. The second-order valence-electron chi connectivity index (χ2n) is 10.3. The van der Waals surface area contributed by atoms with Gasteiger partial charge in [-0.15, -0.1) is 0 Å². The number of nitrogens with two attached hydrogens (primary N) is 1. The van der Waals surface area contributed by atoms with E-state index in [1.165, 1.54) is 20.3 Å². The number of allylic oxidation sites excluding steroid dienone is 1. The summed E-state index contributed by atoms with van der Waals surface area (Å²) in [5.41, 5.74) is 7.69. The van der Waals surface area contributed by atoms with Gasteiger partial charge in [0.2, 0.25) is 0 Å². The number of hydrogen-bond donors (Lipinski definition) is 4. The van der Waals surface area contributed by atoms with Gasteiger partial charge in [0.25, 0.3) is 5.91 Å². The smallest absolute Gasteiger partial charge is 0.405 e. The molecule has 0 saturated heterocycles. The molecule has 5 N–H and O–H groups in total. The van der Waals surface area contributed by atoms with Gasteiger partial charge in [0.1, 0.15) is 0 Å². The number of methoxy groups -OCH3 is 3. The molecule has 1 aliphatic rings.